The molecule has 3 aromatic carbocycles. The van der Waals surface area contributed by atoms with E-state index in [1.807, 2.05) is 61.6 Å². The van der Waals surface area contributed by atoms with Crippen molar-refractivity contribution in [1.82, 2.24) is 30.5 Å². The summed E-state index contributed by atoms with van der Waals surface area (Å²) in [6.45, 7) is 1.63. The van der Waals surface area contributed by atoms with Gasteiger partial charge in [-0.2, -0.15) is 0 Å². The first-order chi connectivity index (χ1) is 20.0. The minimum Gasteiger partial charge on any atom is -0.350 e. The lowest BCUT2D eigenvalue weighted by Crippen LogP contribution is -2.51. The Balaban J connectivity index is 1.20. The monoisotopic (exact) mass is 553 g/mol. The van der Waals surface area contributed by atoms with E-state index in [9.17, 15) is 9.59 Å². The minimum atomic E-state index is -0.665. The van der Waals surface area contributed by atoms with Crippen molar-refractivity contribution in [2.45, 2.75) is 56.8 Å². The van der Waals surface area contributed by atoms with Gasteiger partial charge in [-0.05, 0) is 67.5 Å². The second-order valence-electron chi connectivity index (χ2n) is 10.9. The van der Waals surface area contributed by atoms with E-state index in [1.165, 1.54) is 5.56 Å². The predicted octanol–water partition coefficient (Wildman–Crippen LogP) is 2.74. The number of aromatic nitrogens is 3. The van der Waals surface area contributed by atoms with E-state index >= 15 is 0 Å². The molecule has 214 valence electrons. The molecule has 1 saturated heterocycles. The topological polar surface area (TPSA) is 118 Å². The van der Waals surface area contributed by atoms with Crippen LogP contribution in [-0.4, -0.2) is 62.9 Å². The number of hydrogen-bond donors (Lipinski definition) is 3. The Labute approximate surface area is 241 Å². The van der Waals surface area contributed by atoms with Crippen LogP contribution in [0.15, 0.2) is 78.9 Å². The molecule has 4 aromatic rings. The Morgan fingerprint density at radius 1 is 0.976 bits per heavy atom. The third-order valence-corrected chi connectivity index (χ3v) is 7.85. The predicted molar refractivity (Wildman–Crippen MR) is 160 cm³/mol. The standard InChI is InChI=1S/C32H39N7O2/c1-38-29-17-15-25(19-28(29)36-37-38)21-35-31(40)30-20-26(34-18-8-13-23-9-4-2-5-10-23)22-39(30)32(41)27(33)16-14-24-11-6-3-7-12-24/h2-7,9-12,15,17,19,26-27,30,34H,8,13-14,16,18,20-22,33H2,1H3,(H,35,40). The lowest BCUT2D eigenvalue weighted by atomic mass is 10.0. The van der Waals surface area contributed by atoms with Gasteiger partial charge in [-0.1, -0.05) is 71.9 Å². The fraction of sp³-hybridized carbons (Fsp3) is 0.375. The third-order valence-electron chi connectivity index (χ3n) is 7.85. The molecule has 3 atom stereocenters. The van der Waals surface area contributed by atoms with Gasteiger partial charge in [-0.3, -0.25) is 9.59 Å². The fourth-order valence-electron chi connectivity index (χ4n) is 5.53. The van der Waals surface area contributed by atoms with Crippen molar-refractivity contribution in [1.29, 1.82) is 0 Å². The summed E-state index contributed by atoms with van der Waals surface area (Å²) in [6, 6.07) is 25.0. The first-order valence-corrected chi connectivity index (χ1v) is 14.4. The van der Waals surface area contributed by atoms with Crippen LogP contribution in [0.1, 0.15) is 36.0 Å². The Morgan fingerprint density at radius 2 is 1.68 bits per heavy atom. The number of nitrogens with two attached hydrogens (primary N) is 1. The summed E-state index contributed by atoms with van der Waals surface area (Å²) in [5.41, 5.74) is 11.5. The molecule has 0 bridgehead atoms. The molecule has 9 heteroatoms. The average molecular weight is 554 g/mol. The number of nitrogens with one attached hydrogen (secondary N) is 2. The van der Waals surface area contributed by atoms with Gasteiger partial charge in [-0.15, -0.1) is 5.10 Å². The molecule has 1 aromatic heterocycles. The summed E-state index contributed by atoms with van der Waals surface area (Å²) in [4.78, 5) is 28.7. The first kappa shape index (κ1) is 28.4. The van der Waals surface area contributed by atoms with Crippen molar-refractivity contribution in [2.24, 2.45) is 12.8 Å². The lowest BCUT2D eigenvalue weighted by Gasteiger charge is -2.26. The number of hydrogen-bond acceptors (Lipinski definition) is 6. The van der Waals surface area contributed by atoms with Crippen molar-refractivity contribution in [3.63, 3.8) is 0 Å². The van der Waals surface area contributed by atoms with E-state index in [0.29, 0.717) is 32.4 Å². The van der Waals surface area contributed by atoms with Crippen molar-refractivity contribution >= 4 is 22.8 Å². The van der Waals surface area contributed by atoms with Gasteiger partial charge in [0.2, 0.25) is 11.8 Å². The van der Waals surface area contributed by atoms with Gasteiger partial charge in [-0.25, -0.2) is 4.68 Å². The zero-order chi connectivity index (χ0) is 28.6. The van der Waals surface area contributed by atoms with E-state index in [2.05, 4.69) is 45.2 Å². The molecule has 4 N–H and O–H groups in total. The van der Waals surface area contributed by atoms with Crippen LogP contribution < -0.4 is 16.4 Å². The zero-order valence-electron chi connectivity index (χ0n) is 23.6. The molecule has 0 spiro atoms. The highest BCUT2D eigenvalue weighted by molar-refractivity contribution is 5.90. The van der Waals surface area contributed by atoms with E-state index in [1.54, 1.807) is 9.58 Å². The van der Waals surface area contributed by atoms with Crippen LogP contribution in [0.3, 0.4) is 0 Å². The highest BCUT2D eigenvalue weighted by Gasteiger charge is 2.40. The van der Waals surface area contributed by atoms with Crippen LogP contribution in [0.5, 0.6) is 0 Å². The van der Waals surface area contributed by atoms with Crippen LogP contribution in [0.25, 0.3) is 11.0 Å². The van der Waals surface area contributed by atoms with Gasteiger partial charge in [0, 0.05) is 26.2 Å². The molecule has 0 radical (unpaired) electrons. The largest absolute Gasteiger partial charge is 0.350 e. The summed E-state index contributed by atoms with van der Waals surface area (Å²) < 4.78 is 1.72. The van der Waals surface area contributed by atoms with Crippen LogP contribution in [0.4, 0.5) is 0 Å². The Hall–Kier alpha value is -4.08. The molecule has 2 amide bonds. The fourth-order valence-corrected chi connectivity index (χ4v) is 5.53. The van der Waals surface area contributed by atoms with Gasteiger partial charge in [0.25, 0.3) is 0 Å². The number of carbonyl (C=O) groups excluding carboxylic acids is 2. The van der Waals surface area contributed by atoms with Gasteiger partial charge >= 0.3 is 0 Å². The summed E-state index contributed by atoms with van der Waals surface area (Å²) >= 11 is 0. The number of rotatable bonds is 12. The van der Waals surface area contributed by atoms with Crippen molar-refractivity contribution in [3.05, 3.63) is 95.6 Å². The Morgan fingerprint density at radius 3 is 2.41 bits per heavy atom. The zero-order valence-corrected chi connectivity index (χ0v) is 23.6. The summed E-state index contributed by atoms with van der Waals surface area (Å²) in [6.07, 6.45) is 3.75. The number of aryl methyl sites for hydroxylation is 3. The van der Waals surface area contributed by atoms with E-state index < -0.39 is 12.1 Å². The van der Waals surface area contributed by atoms with Crippen LogP contribution in [-0.2, 0) is 36.0 Å². The van der Waals surface area contributed by atoms with Crippen molar-refractivity contribution < 1.29 is 9.59 Å². The van der Waals surface area contributed by atoms with E-state index in [0.717, 1.165) is 41.5 Å². The molecule has 5 rings (SSSR count). The molecular weight excluding hydrogens is 514 g/mol. The van der Waals surface area contributed by atoms with Crippen molar-refractivity contribution in [2.75, 3.05) is 13.1 Å². The molecule has 2 heterocycles. The van der Waals surface area contributed by atoms with Gasteiger partial charge in [0.15, 0.2) is 0 Å². The summed E-state index contributed by atoms with van der Waals surface area (Å²) in [7, 11) is 1.85. The maximum Gasteiger partial charge on any atom is 0.243 e. The number of carbonyl (C=O) groups is 2. The highest BCUT2D eigenvalue weighted by Crippen LogP contribution is 2.21. The SMILES string of the molecule is Cn1nnc2cc(CNC(=O)C3CC(NCCCc4ccccc4)CN3C(=O)C(N)CCc3ccccc3)ccc21. The smallest absolute Gasteiger partial charge is 0.243 e. The van der Waals surface area contributed by atoms with Crippen LogP contribution in [0, 0.1) is 0 Å². The maximum absolute atomic E-state index is 13.5. The third kappa shape index (κ3) is 7.36. The quantitative estimate of drug-likeness (QED) is 0.232. The van der Waals surface area contributed by atoms with Crippen LogP contribution >= 0.6 is 0 Å². The molecule has 1 aliphatic heterocycles. The van der Waals surface area contributed by atoms with Gasteiger partial charge in [0.1, 0.15) is 11.6 Å². The minimum absolute atomic E-state index is 0.0303. The molecule has 9 nitrogen and oxygen atoms in total. The number of likely N-dealkylation sites (tertiary alicyclic amines) is 1. The molecule has 0 aliphatic carbocycles. The molecule has 0 saturated carbocycles. The average Bonchev–Trinajstić information content (AvgIpc) is 3.61. The Bertz CT molecular complexity index is 1440. The van der Waals surface area contributed by atoms with Crippen LogP contribution in [0.2, 0.25) is 0 Å². The Kier molecular flexibility index (Phi) is 9.38. The van der Waals surface area contributed by atoms with E-state index in [-0.39, 0.29) is 17.9 Å². The van der Waals surface area contributed by atoms with Gasteiger partial charge in [0.05, 0.1) is 11.6 Å². The number of benzene rings is 3. The second kappa shape index (κ2) is 13.5. The molecule has 41 heavy (non-hydrogen) atoms. The summed E-state index contributed by atoms with van der Waals surface area (Å²) in [5.74, 6) is -0.336. The first-order valence-electron chi connectivity index (χ1n) is 14.4. The van der Waals surface area contributed by atoms with Crippen molar-refractivity contribution in [3.8, 4) is 0 Å². The lowest BCUT2D eigenvalue weighted by molar-refractivity contribution is -0.139. The highest BCUT2D eigenvalue weighted by atomic mass is 16.2. The molecule has 1 fully saturated rings. The van der Waals surface area contributed by atoms with E-state index in [4.69, 9.17) is 5.73 Å². The summed E-state index contributed by atoms with van der Waals surface area (Å²) in [5, 5.41) is 14.8. The molecule has 3 unspecified atom stereocenters. The number of nitrogens with zero attached hydrogens (tertiary/aromatic N) is 4. The number of amides is 2. The molecular formula is C32H39N7O2. The number of fused-ring (bicyclic) bond motifs is 1. The maximum atomic E-state index is 13.5. The second-order valence-corrected chi connectivity index (χ2v) is 10.9. The van der Waals surface area contributed by atoms with Gasteiger partial charge < -0.3 is 21.3 Å². The normalized spacial score (nSPS) is 17.6. The molecule has 1 aliphatic rings.